The van der Waals surface area contributed by atoms with Gasteiger partial charge in [-0.15, -0.1) is 0 Å². The molecule has 0 atom stereocenters. The van der Waals surface area contributed by atoms with Crippen molar-refractivity contribution in [3.05, 3.63) is 22.5 Å². The Hall–Kier alpha value is -1.82. The molecule has 0 radical (unpaired) electrons. The van der Waals surface area contributed by atoms with Crippen LogP contribution in [0.15, 0.2) is 0 Å². The van der Waals surface area contributed by atoms with Crippen LogP contribution in [0.2, 0.25) is 0 Å². The normalized spacial score (nSPS) is 11.4. The molecule has 0 aliphatic heterocycles. The molecule has 1 heterocycles. The molecule has 0 unspecified atom stereocenters. The number of aromatic carboxylic acids is 1. The van der Waals surface area contributed by atoms with Crippen molar-refractivity contribution in [1.29, 1.82) is 0 Å². The van der Waals surface area contributed by atoms with Crippen LogP contribution in [0.3, 0.4) is 0 Å². The number of ether oxygens (including phenoxy) is 1. The second kappa shape index (κ2) is 6.09. The van der Waals surface area contributed by atoms with Crippen molar-refractivity contribution in [2.75, 3.05) is 13.2 Å². The van der Waals surface area contributed by atoms with Crippen molar-refractivity contribution in [2.24, 2.45) is 0 Å². The first-order chi connectivity index (χ1) is 9.19. The summed E-state index contributed by atoms with van der Waals surface area (Å²) in [5.41, 5.74) is 0.970. The van der Waals surface area contributed by atoms with Crippen LogP contribution in [0.1, 0.15) is 52.9 Å². The Bertz CT molecular complexity index is 517. The van der Waals surface area contributed by atoms with Crippen molar-refractivity contribution in [3.8, 4) is 0 Å². The Kier molecular flexibility index (Phi) is 4.94. The van der Waals surface area contributed by atoms with Crippen molar-refractivity contribution in [2.45, 2.75) is 40.2 Å². The predicted molar refractivity (Wildman–Crippen MR) is 75.3 cm³/mol. The Morgan fingerprint density at radius 1 is 1.35 bits per heavy atom. The van der Waals surface area contributed by atoms with E-state index in [0.29, 0.717) is 30.0 Å². The highest BCUT2D eigenvalue weighted by molar-refractivity contribution is 6.00. The second-order valence-electron chi connectivity index (χ2n) is 5.31. The fourth-order valence-corrected chi connectivity index (χ4v) is 2.13. The topological polar surface area (TPSA) is 91.4 Å². The van der Waals surface area contributed by atoms with E-state index in [0.717, 1.165) is 0 Å². The van der Waals surface area contributed by atoms with Crippen LogP contribution >= 0.6 is 0 Å². The number of carboxylic acids is 1. The van der Waals surface area contributed by atoms with Gasteiger partial charge in [-0.25, -0.2) is 4.79 Å². The first-order valence-corrected chi connectivity index (χ1v) is 6.54. The third-order valence-corrected chi connectivity index (χ3v) is 3.09. The average molecular weight is 282 g/mol. The number of aromatic amines is 1. The van der Waals surface area contributed by atoms with Crippen molar-refractivity contribution in [3.63, 3.8) is 0 Å². The summed E-state index contributed by atoms with van der Waals surface area (Å²) in [4.78, 5) is 25.9. The number of rotatable bonds is 6. The second-order valence-corrected chi connectivity index (χ2v) is 5.31. The molecule has 0 saturated carbocycles. The van der Waals surface area contributed by atoms with E-state index in [9.17, 15) is 9.59 Å². The number of aromatic nitrogens is 1. The van der Waals surface area contributed by atoms with Gasteiger partial charge >= 0.3 is 5.97 Å². The van der Waals surface area contributed by atoms with Gasteiger partial charge in [-0.1, -0.05) is 0 Å². The van der Waals surface area contributed by atoms with Gasteiger partial charge in [-0.2, -0.15) is 0 Å². The maximum absolute atomic E-state index is 12.2. The summed E-state index contributed by atoms with van der Waals surface area (Å²) < 4.78 is 5.50. The molecule has 0 aliphatic rings. The smallest absolute Gasteiger partial charge is 0.352 e. The minimum absolute atomic E-state index is 0.0525. The van der Waals surface area contributed by atoms with Gasteiger partial charge in [0.1, 0.15) is 5.69 Å². The summed E-state index contributed by atoms with van der Waals surface area (Å²) in [6.07, 6.45) is 0. The summed E-state index contributed by atoms with van der Waals surface area (Å²) in [5.74, 6) is -1.36. The van der Waals surface area contributed by atoms with Crippen LogP contribution in [0.4, 0.5) is 0 Å². The lowest BCUT2D eigenvalue weighted by atomic mass is 10.1. The average Bonchev–Trinajstić information content (AvgIpc) is 2.62. The summed E-state index contributed by atoms with van der Waals surface area (Å²) in [6.45, 7) is 9.88. The third kappa shape index (κ3) is 3.60. The molecule has 1 rings (SSSR count). The number of nitrogens with one attached hydrogen (secondary N) is 2. The molecule has 1 aromatic heterocycles. The van der Waals surface area contributed by atoms with Crippen LogP contribution in [0, 0.1) is 13.8 Å². The molecule has 0 aliphatic carbocycles. The summed E-state index contributed by atoms with van der Waals surface area (Å²) in [5, 5.41) is 11.8. The quantitative estimate of drug-likeness (QED) is 0.743. The van der Waals surface area contributed by atoms with Gasteiger partial charge in [0.15, 0.2) is 0 Å². The lowest BCUT2D eigenvalue weighted by Crippen LogP contribution is -2.40. The van der Waals surface area contributed by atoms with E-state index in [-0.39, 0.29) is 11.6 Å². The number of hydrogen-bond acceptors (Lipinski definition) is 3. The van der Waals surface area contributed by atoms with Crippen molar-refractivity contribution < 1.29 is 19.4 Å². The molecule has 0 aromatic carbocycles. The molecule has 0 bridgehead atoms. The molecule has 0 saturated heterocycles. The Balaban J connectivity index is 2.86. The van der Waals surface area contributed by atoms with E-state index in [1.54, 1.807) is 13.8 Å². The highest BCUT2D eigenvalue weighted by Gasteiger charge is 2.24. The molecule has 6 heteroatoms. The molecule has 0 fully saturated rings. The minimum Gasteiger partial charge on any atom is -0.477 e. The SMILES string of the molecule is CCOC(C)(C)CNC(=O)c1c(C)[nH]c(C(=O)O)c1C. The number of carbonyl (C=O) groups is 2. The predicted octanol–water partition coefficient (Wildman–Crippen LogP) is 1.87. The number of amides is 1. The first-order valence-electron chi connectivity index (χ1n) is 6.54. The van der Waals surface area contributed by atoms with Gasteiger partial charge in [-0.3, -0.25) is 4.79 Å². The zero-order valence-electron chi connectivity index (χ0n) is 12.6. The van der Waals surface area contributed by atoms with E-state index in [2.05, 4.69) is 10.3 Å². The van der Waals surface area contributed by atoms with Crippen LogP contribution in [0.25, 0.3) is 0 Å². The zero-order chi connectivity index (χ0) is 15.5. The standard InChI is InChI=1S/C14H22N2O4/c1-6-20-14(4,5)7-15-12(17)10-8(2)11(13(18)19)16-9(10)3/h16H,6-7H2,1-5H3,(H,15,17)(H,18,19). The molecule has 20 heavy (non-hydrogen) atoms. The van der Waals surface area contributed by atoms with E-state index >= 15 is 0 Å². The van der Waals surface area contributed by atoms with E-state index < -0.39 is 11.6 Å². The van der Waals surface area contributed by atoms with Gasteiger partial charge < -0.3 is 20.1 Å². The van der Waals surface area contributed by atoms with Gasteiger partial charge in [-0.05, 0) is 40.2 Å². The Morgan fingerprint density at radius 3 is 2.40 bits per heavy atom. The molecular formula is C14H22N2O4. The number of H-pyrrole nitrogens is 1. The number of hydrogen-bond donors (Lipinski definition) is 3. The zero-order valence-corrected chi connectivity index (χ0v) is 12.6. The van der Waals surface area contributed by atoms with Crippen molar-refractivity contribution >= 4 is 11.9 Å². The molecule has 112 valence electrons. The van der Waals surface area contributed by atoms with Crippen LogP contribution in [-0.2, 0) is 4.74 Å². The lowest BCUT2D eigenvalue weighted by molar-refractivity contribution is -0.00816. The number of aryl methyl sites for hydroxylation is 1. The van der Waals surface area contributed by atoms with Crippen LogP contribution in [-0.4, -0.2) is 40.7 Å². The Morgan fingerprint density at radius 2 is 1.95 bits per heavy atom. The number of carboxylic acid groups (broad SMARTS) is 1. The monoisotopic (exact) mass is 282 g/mol. The summed E-state index contributed by atoms with van der Waals surface area (Å²) >= 11 is 0. The molecule has 6 nitrogen and oxygen atoms in total. The maximum atomic E-state index is 12.2. The van der Waals surface area contributed by atoms with E-state index in [1.165, 1.54) is 0 Å². The van der Waals surface area contributed by atoms with Gasteiger partial charge in [0.05, 0.1) is 11.2 Å². The molecule has 1 amide bonds. The van der Waals surface area contributed by atoms with Gasteiger partial charge in [0.2, 0.25) is 0 Å². The van der Waals surface area contributed by atoms with Gasteiger partial charge in [0, 0.05) is 18.8 Å². The van der Waals surface area contributed by atoms with Crippen LogP contribution in [0.5, 0.6) is 0 Å². The third-order valence-electron chi connectivity index (χ3n) is 3.09. The highest BCUT2D eigenvalue weighted by atomic mass is 16.5. The maximum Gasteiger partial charge on any atom is 0.352 e. The van der Waals surface area contributed by atoms with E-state index in [1.807, 2.05) is 20.8 Å². The molecule has 0 spiro atoms. The molecular weight excluding hydrogens is 260 g/mol. The molecule has 3 N–H and O–H groups in total. The lowest BCUT2D eigenvalue weighted by Gasteiger charge is -2.24. The largest absolute Gasteiger partial charge is 0.477 e. The number of carbonyl (C=O) groups excluding carboxylic acids is 1. The van der Waals surface area contributed by atoms with E-state index in [4.69, 9.17) is 9.84 Å². The highest BCUT2D eigenvalue weighted by Crippen LogP contribution is 2.18. The van der Waals surface area contributed by atoms with Gasteiger partial charge in [0.25, 0.3) is 5.91 Å². The first kappa shape index (κ1) is 16.2. The summed E-state index contributed by atoms with van der Waals surface area (Å²) in [7, 11) is 0. The fourth-order valence-electron chi connectivity index (χ4n) is 2.13. The molecule has 1 aromatic rings. The Labute approximate surface area is 118 Å². The summed E-state index contributed by atoms with van der Waals surface area (Å²) in [6, 6.07) is 0. The minimum atomic E-state index is -1.07. The van der Waals surface area contributed by atoms with Crippen LogP contribution < -0.4 is 5.32 Å². The fraction of sp³-hybridized carbons (Fsp3) is 0.571. The van der Waals surface area contributed by atoms with Crippen molar-refractivity contribution in [1.82, 2.24) is 10.3 Å².